The maximum atomic E-state index is 13.4. The first-order valence-corrected chi connectivity index (χ1v) is 11.2. The van der Waals surface area contributed by atoms with Crippen LogP contribution in [0.15, 0.2) is 86.8 Å². The van der Waals surface area contributed by atoms with Crippen LogP contribution in [0.2, 0.25) is 0 Å². The van der Waals surface area contributed by atoms with Crippen molar-refractivity contribution < 1.29 is 9.21 Å². The number of carbonyl (C=O) groups excluding carboxylic acids is 1. The average molecular weight is 438 g/mol. The molecule has 2 atom stereocenters. The second-order valence-corrected chi connectivity index (χ2v) is 8.97. The summed E-state index contributed by atoms with van der Waals surface area (Å²) in [5.74, 6) is 0.366. The number of aromatic nitrogens is 1. The van der Waals surface area contributed by atoms with Crippen molar-refractivity contribution in [2.24, 2.45) is 5.92 Å². The van der Waals surface area contributed by atoms with Crippen molar-refractivity contribution in [3.8, 4) is 11.1 Å². The molecule has 2 aliphatic rings. The molecule has 0 N–H and O–H groups in total. The standard InChI is InChI=1S/C27H22N2O4/c30-25-10-4-8-23-21-11-17(15-29(23)25)14-28(16-21)26(31)20-7-3-6-18(12-20)22-13-19-5-1-2-9-24(19)33-27(22)32/h1-10,12-13,17,21H,11,14-16H2/t17-,21+/m1/s1. The van der Waals surface area contributed by atoms with E-state index in [-0.39, 0.29) is 23.3 Å². The Morgan fingerprint density at radius 3 is 2.64 bits per heavy atom. The van der Waals surface area contributed by atoms with Crippen LogP contribution in [0.5, 0.6) is 0 Å². The summed E-state index contributed by atoms with van der Waals surface area (Å²) >= 11 is 0. The third kappa shape index (κ3) is 3.39. The Morgan fingerprint density at radius 1 is 0.879 bits per heavy atom. The van der Waals surface area contributed by atoms with Gasteiger partial charge in [-0.25, -0.2) is 4.79 Å². The van der Waals surface area contributed by atoms with E-state index in [4.69, 9.17) is 4.42 Å². The molecule has 2 aliphatic heterocycles. The van der Waals surface area contributed by atoms with Gasteiger partial charge in [0.1, 0.15) is 5.58 Å². The van der Waals surface area contributed by atoms with Crippen LogP contribution < -0.4 is 11.2 Å². The molecule has 6 rings (SSSR count). The maximum absolute atomic E-state index is 13.4. The van der Waals surface area contributed by atoms with E-state index >= 15 is 0 Å². The number of likely N-dealkylation sites (tertiary alicyclic amines) is 1. The SMILES string of the molecule is O=C(c1cccc(-c2cc3ccccc3oc2=O)c1)N1C[C@H]2C[C@@H](C1)c1cccc(=O)n1C2. The first-order valence-electron chi connectivity index (χ1n) is 11.2. The zero-order chi connectivity index (χ0) is 22.5. The van der Waals surface area contributed by atoms with Gasteiger partial charge in [-0.1, -0.05) is 36.4 Å². The van der Waals surface area contributed by atoms with Crippen molar-refractivity contribution in [2.45, 2.75) is 18.9 Å². The lowest BCUT2D eigenvalue weighted by molar-refractivity contribution is 0.0594. The monoisotopic (exact) mass is 438 g/mol. The highest BCUT2D eigenvalue weighted by Gasteiger charge is 2.36. The summed E-state index contributed by atoms with van der Waals surface area (Å²) in [4.78, 5) is 40.2. The molecule has 6 nitrogen and oxygen atoms in total. The predicted octanol–water partition coefficient (Wildman–Crippen LogP) is 3.88. The van der Waals surface area contributed by atoms with Crippen molar-refractivity contribution >= 4 is 16.9 Å². The number of carbonyl (C=O) groups is 1. The number of para-hydroxylation sites is 1. The molecule has 33 heavy (non-hydrogen) atoms. The molecule has 1 amide bonds. The van der Waals surface area contributed by atoms with Crippen LogP contribution in [0.4, 0.5) is 0 Å². The third-order valence-electron chi connectivity index (χ3n) is 6.83. The van der Waals surface area contributed by atoms with E-state index in [1.54, 1.807) is 36.4 Å². The Hall–Kier alpha value is -3.93. The zero-order valence-electron chi connectivity index (χ0n) is 17.9. The molecule has 1 saturated heterocycles. The number of hydrogen-bond donors (Lipinski definition) is 0. The third-order valence-corrected chi connectivity index (χ3v) is 6.83. The lowest BCUT2D eigenvalue weighted by Crippen LogP contribution is -2.49. The lowest BCUT2D eigenvalue weighted by atomic mass is 9.83. The topological polar surface area (TPSA) is 72.5 Å². The minimum Gasteiger partial charge on any atom is -0.422 e. The van der Waals surface area contributed by atoms with Crippen LogP contribution in [-0.2, 0) is 6.54 Å². The van der Waals surface area contributed by atoms with E-state index in [2.05, 4.69) is 0 Å². The van der Waals surface area contributed by atoms with Crippen LogP contribution in [0, 0.1) is 5.92 Å². The fraction of sp³-hybridized carbons (Fsp3) is 0.222. The summed E-state index contributed by atoms with van der Waals surface area (Å²) in [7, 11) is 0. The molecule has 4 heterocycles. The molecule has 0 aliphatic carbocycles. The predicted molar refractivity (Wildman–Crippen MR) is 125 cm³/mol. The van der Waals surface area contributed by atoms with Gasteiger partial charge in [0.2, 0.25) is 0 Å². The molecule has 0 spiro atoms. The number of amides is 1. The van der Waals surface area contributed by atoms with Gasteiger partial charge in [0.25, 0.3) is 11.5 Å². The first-order chi connectivity index (χ1) is 16.1. The summed E-state index contributed by atoms with van der Waals surface area (Å²) < 4.78 is 7.34. The van der Waals surface area contributed by atoms with E-state index in [9.17, 15) is 14.4 Å². The number of hydrogen-bond acceptors (Lipinski definition) is 4. The van der Waals surface area contributed by atoms with Gasteiger partial charge in [0.05, 0.1) is 5.56 Å². The Balaban J connectivity index is 1.32. The smallest absolute Gasteiger partial charge is 0.344 e. The van der Waals surface area contributed by atoms with Gasteiger partial charge in [-0.15, -0.1) is 0 Å². The lowest BCUT2D eigenvalue weighted by Gasteiger charge is -2.42. The van der Waals surface area contributed by atoms with E-state index in [0.717, 1.165) is 17.5 Å². The summed E-state index contributed by atoms with van der Waals surface area (Å²) in [6, 6.07) is 21.8. The van der Waals surface area contributed by atoms with Crippen LogP contribution in [0.1, 0.15) is 28.4 Å². The van der Waals surface area contributed by atoms with Gasteiger partial charge in [-0.2, -0.15) is 0 Å². The minimum absolute atomic E-state index is 0.0314. The van der Waals surface area contributed by atoms with Crippen LogP contribution >= 0.6 is 0 Å². The van der Waals surface area contributed by atoms with Crippen LogP contribution in [0.3, 0.4) is 0 Å². The Morgan fingerprint density at radius 2 is 1.73 bits per heavy atom. The molecule has 2 bridgehead atoms. The highest BCUT2D eigenvalue weighted by atomic mass is 16.4. The molecule has 0 unspecified atom stereocenters. The summed E-state index contributed by atoms with van der Waals surface area (Å²) in [6.07, 6.45) is 0.991. The normalized spacial score (nSPS) is 19.3. The first kappa shape index (κ1) is 19.7. The van der Waals surface area contributed by atoms with E-state index in [1.807, 2.05) is 45.9 Å². The molecule has 1 fully saturated rings. The summed E-state index contributed by atoms with van der Waals surface area (Å²) in [5.41, 5.74) is 2.81. The molecular formula is C27H22N2O4. The Kier molecular flexibility index (Phi) is 4.54. The largest absolute Gasteiger partial charge is 0.422 e. The number of nitrogens with zero attached hydrogens (tertiary/aromatic N) is 2. The van der Waals surface area contributed by atoms with Gasteiger partial charge >= 0.3 is 5.63 Å². The highest BCUT2D eigenvalue weighted by Crippen LogP contribution is 2.35. The average Bonchev–Trinajstić information content (AvgIpc) is 2.84. The number of pyridine rings is 1. The van der Waals surface area contributed by atoms with Gasteiger partial charge in [0.15, 0.2) is 0 Å². The van der Waals surface area contributed by atoms with Crippen LogP contribution in [-0.4, -0.2) is 28.5 Å². The van der Waals surface area contributed by atoms with Crippen LogP contribution in [0.25, 0.3) is 22.1 Å². The van der Waals surface area contributed by atoms with E-state index < -0.39 is 5.63 Å². The zero-order valence-corrected chi connectivity index (χ0v) is 17.9. The second-order valence-electron chi connectivity index (χ2n) is 8.97. The van der Waals surface area contributed by atoms with Gasteiger partial charge in [-0.3, -0.25) is 9.59 Å². The van der Waals surface area contributed by atoms with Crippen molar-refractivity contribution in [1.82, 2.24) is 9.47 Å². The Labute approximate surface area is 189 Å². The fourth-order valence-corrected chi connectivity index (χ4v) is 5.33. The molecule has 2 aromatic carbocycles. The summed E-state index contributed by atoms with van der Waals surface area (Å²) in [5, 5.41) is 0.835. The van der Waals surface area contributed by atoms with Crippen molar-refractivity contribution in [3.05, 3.63) is 105 Å². The van der Waals surface area contributed by atoms with Gasteiger partial charge < -0.3 is 13.9 Å². The molecule has 0 radical (unpaired) electrons. The highest BCUT2D eigenvalue weighted by molar-refractivity contribution is 5.96. The minimum atomic E-state index is -0.423. The van der Waals surface area contributed by atoms with Gasteiger partial charge in [-0.05, 0) is 48.2 Å². The molecule has 6 heteroatoms. The second kappa shape index (κ2) is 7.59. The molecule has 0 saturated carbocycles. The van der Waals surface area contributed by atoms with Gasteiger partial charge in [0, 0.05) is 48.3 Å². The quantitative estimate of drug-likeness (QED) is 0.445. The van der Waals surface area contributed by atoms with E-state index in [1.165, 1.54) is 0 Å². The molecular weight excluding hydrogens is 416 g/mol. The molecule has 2 aromatic heterocycles. The summed E-state index contributed by atoms with van der Waals surface area (Å²) in [6.45, 7) is 1.85. The van der Waals surface area contributed by atoms with Crippen molar-refractivity contribution in [3.63, 3.8) is 0 Å². The molecule has 164 valence electrons. The number of fused-ring (bicyclic) bond motifs is 5. The fourth-order valence-electron chi connectivity index (χ4n) is 5.33. The van der Waals surface area contributed by atoms with Crippen molar-refractivity contribution in [2.75, 3.05) is 13.1 Å². The number of piperidine rings is 1. The Bertz CT molecular complexity index is 1520. The number of rotatable bonds is 2. The number of benzene rings is 2. The maximum Gasteiger partial charge on any atom is 0.344 e. The van der Waals surface area contributed by atoms with E-state index in [0.29, 0.717) is 41.9 Å². The van der Waals surface area contributed by atoms with Crippen molar-refractivity contribution in [1.29, 1.82) is 0 Å². The molecule has 4 aromatic rings.